The first-order valence-electron chi connectivity index (χ1n) is 10.8. The smallest absolute Gasteiger partial charge is 0.324 e. The van der Waals surface area contributed by atoms with E-state index in [0.717, 1.165) is 17.6 Å². The predicted molar refractivity (Wildman–Crippen MR) is 121 cm³/mol. The lowest BCUT2D eigenvalue weighted by Crippen LogP contribution is -2.34. The van der Waals surface area contributed by atoms with Crippen LogP contribution in [0, 0.1) is 5.92 Å². The molecule has 1 aliphatic heterocycles. The molecule has 7 nitrogen and oxygen atoms in total. The highest BCUT2D eigenvalue weighted by Crippen LogP contribution is 2.25. The molecule has 1 aliphatic rings. The molecule has 33 heavy (non-hydrogen) atoms. The normalized spacial score (nSPS) is 14.1. The summed E-state index contributed by atoms with van der Waals surface area (Å²) in [4.78, 5) is 64.1. The van der Waals surface area contributed by atoms with Crippen LogP contribution in [0.15, 0.2) is 48.5 Å². The Bertz CT molecular complexity index is 1080. The molecule has 0 N–H and O–H groups in total. The van der Waals surface area contributed by atoms with Crippen molar-refractivity contribution in [3.63, 3.8) is 0 Å². The Balaban J connectivity index is 1.68. The summed E-state index contributed by atoms with van der Waals surface area (Å²) < 4.78 is 4.71. The number of esters is 1. The molecule has 0 saturated carbocycles. The molecule has 0 aromatic heterocycles. The fourth-order valence-electron chi connectivity index (χ4n) is 3.80. The van der Waals surface area contributed by atoms with Gasteiger partial charge in [-0.05, 0) is 29.5 Å². The van der Waals surface area contributed by atoms with Crippen LogP contribution >= 0.6 is 0 Å². The van der Waals surface area contributed by atoms with E-state index in [-0.39, 0.29) is 30.4 Å². The quantitative estimate of drug-likeness (QED) is 0.264. The lowest BCUT2D eigenvalue weighted by Gasteiger charge is -2.19. The van der Waals surface area contributed by atoms with Crippen LogP contribution in [-0.2, 0) is 19.7 Å². The fourth-order valence-corrected chi connectivity index (χ4v) is 3.80. The molecule has 7 heteroatoms. The van der Waals surface area contributed by atoms with Crippen LogP contribution in [0.2, 0.25) is 0 Å². The van der Waals surface area contributed by atoms with Gasteiger partial charge in [-0.2, -0.15) is 0 Å². The molecule has 1 heterocycles. The van der Waals surface area contributed by atoms with Gasteiger partial charge in [-0.3, -0.25) is 28.9 Å². The highest BCUT2D eigenvalue weighted by Gasteiger charge is 2.37. The minimum Gasteiger partial charge on any atom is -0.468 e. The Hall–Kier alpha value is -3.61. The summed E-state index contributed by atoms with van der Waals surface area (Å²) in [6.07, 6.45) is -0.0208. The molecule has 0 bridgehead atoms. The van der Waals surface area contributed by atoms with Gasteiger partial charge in [0.25, 0.3) is 11.8 Å². The van der Waals surface area contributed by atoms with Crippen molar-refractivity contribution in [2.24, 2.45) is 5.92 Å². The Labute approximate surface area is 192 Å². The van der Waals surface area contributed by atoms with Crippen LogP contribution in [-0.4, -0.2) is 47.9 Å². The summed E-state index contributed by atoms with van der Waals surface area (Å²) >= 11 is 0. The largest absolute Gasteiger partial charge is 0.468 e. The van der Waals surface area contributed by atoms with Gasteiger partial charge < -0.3 is 4.74 Å². The molecule has 172 valence electrons. The van der Waals surface area contributed by atoms with Crippen molar-refractivity contribution < 1.29 is 28.7 Å². The number of fused-ring (bicyclic) bond motifs is 1. The van der Waals surface area contributed by atoms with Crippen LogP contribution in [0.25, 0.3) is 0 Å². The minimum absolute atomic E-state index is 0.0143. The van der Waals surface area contributed by atoms with E-state index in [1.165, 1.54) is 0 Å². The number of hydrogen-bond donors (Lipinski definition) is 0. The minimum atomic E-state index is -1.59. The van der Waals surface area contributed by atoms with Crippen molar-refractivity contribution in [3.05, 3.63) is 70.8 Å². The van der Waals surface area contributed by atoms with Gasteiger partial charge in [-0.15, -0.1) is 0 Å². The zero-order valence-corrected chi connectivity index (χ0v) is 19.2. The van der Waals surface area contributed by atoms with Crippen molar-refractivity contribution in [2.45, 2.75) is 39.0 Å². The van der Waals surface area contributed by atoms with E-state index in [1.807, 2.05) is 20.8 Å². The van der Waals surface area contributed by atoms with Gasteiger partial charge in [-0.25, -0.2) is 0 Å². The van der Waals surface area contributed by atoms with Crippen LogP contribution in [0.1, 0.15) is 70.3 Å². The number of rotatable bonds is 8. The molecular formula is C26H27NO6. The van der Waals surface area contributed by atoms with E-state index >= 15 is 0 Å². The van der Waals surface area contributed by atoms with Gasteiger partial charge in [0.2, 0.25) is 0 Å². The average molecular weight is 450 g/mol. The molecule has 0 spiro atoms. The second kappa shape index (κ2) is 9.48. The van der Waals surface area contributed by atoms with E-state index in [0.29, 0.717) is 11.1 Å². The molecule has 3 rings (SSSR count). The number of ketones is 2. The molecule has 0 radical (unpaired) electrons. The third-order valence-corrected chi connectivity index (χ3v) is 5.74. The zero-order chi connectivity index (χ0) is 24.3. The Morgan fingerprint density at radius 1 is 0.909 bits per heavy atom. The summed E-state index contributed by atoms with van der Waals surface area (Å²) in [6, 6.07) is 13.3. The van der Waals surface area contributed by atoms with Crippen LogP contribution in [0.4, 0.5) is 0 Å². The van der Waals surface area contributed by atoms with E-state index in [1.54, 1.807) is 48.5 Å². The lowest BCUT2D eigenvalue weighted by molar-refractivity contribution is -0.147. The maximum absolute atomic E-state index is 13.0. The van der Waals surface area contributed by atoms with Crippen molar-refractivity contribution in [3.8, 4) is 0 Å². The van der Waals surface area contributed by atoms with Gasteiger partial charge in [-0.1, -0.05) is 57.2 Å². The van der Waals surface area contributed by atoms with E-state index in [4.69, 9.17) is 4.74 Å². The van der Waals surface area contributed by atoms with Gasteiger partial charge in [0.05, 0.1) is 18.2 Å². The van der Waals surface area contributed by atoms with Crippen molar-refractivity contribution >= 4 is 29.4 Å². The number of amides is 2. The third kappa shape index (κ3) is 4.92. The Morgan fingerprint density at radius 2 is 1.45 bits per heavy atom. The number of Topliss-reactive ketones (excluding diaryl/α,β-unsaturated/α-hetero) is 2. The molecule has 0 aliphatic carbocycles. The fraction of sp³-hybridized carbons (Fsp3) is 0.346. The topological polar surface area (TPSA) is 97.8 Å². The number of methoxy groups -OCH3 is 1. The van der Waals surface area contributed by atoms with Gasteiger partial charge >= 0.3 is 5.97 Å². The van der Waals surface area contributed by atoms with Gasteiger partial charge in [0, 0.05) is 18.5 Å². The second-order valence-corrected chi connectivity index (χ2v) is 9.03. The van der Waals surface area contributed by atoms with Crippen molar-refractivity contribution in [1.82, 2.24) is 4.90 Å². The number of carbonyl (C=O) groups excluding carboxylic acids is 5. The summed E-state index contributed by atoms with van der Waals surface area (Å²) in [6.45, 7) is 6.14. The first-order valence-corrected chi connectivity index (χ1v) is 10.8. The van der Waals surface area contributed by atoms with Crippen LogP contribution in [0.5, 0.6) is 0 Å². The second-order valence-electron chi connectivity index (χ2n) is 9.03. The Morgan fingerprint density at radius 3 is 1.94 bits per heavy atom. The first kappa shape index (κ1) is 24.0. The standard InChI is InChI=1S/C26H27NO6/c1-26(2,3)17-13-11-16(12-14-17)22(29)21(25(32)33-4)20(28)10-7-15-27-23(30)18-8-5-6-9-19(18)24(27)31/h5-6,8-9,11-14,21H,7,10,15H2,1-4H3. The van der Waals surface area contributed by atoms with E-state index < -0.39 is 35.3 Å². The Kier molecular flexibility index (Phi) is 6.91. The number of nitrogens with zero attached hydrogens (tertiary/aromatic N) is 1. The molecule has 2 aromatic carbocycles. The SMILES string of the molecule is COC(=O)C(C(=O)CCCN1C(=O)c2ccccc2C1=O)C(=O)c1ccc(C(C)(C)C)cc1. The first-order chi connectivity index (χ1) is 15.6. The van der Waals surface area contributed by atoms with Gasteiger partial charge in [0.15, 0.2) is 17.5 Å². The molecule has 1 unspecified atom stereocenters. The number of benzene rings is 2. The number of carbonyl (C=O) groups is 5. The third-order valence-electron chi connectivity index (χ3n) is 5.74. The van der Waals surface area contributed by atoms with E-state index in [2.05, 4.69) is 0 Å². The number of imide groups is 1. The van der Waals surface area contributed by atoms with Crippen LogP contribution < -0.4 is 0 Å². The maximum atomic E-state index is 13.0. The van der Waals surface area contributed by atoms with E-state index in [9.17, 15) is 24.0 Å². The molecule has 1 atom stereocenters. The molecular weight excluding hydrogens is 422 g/mol. The summed E-state index contributed by atoms with van der Waals surface area (Å²) in [5, 5.41) is 0. The monoisotopic (exact) mass is 449 g/mol. The molecule has 2 amide bonds. The number of hydrogen-bond acceptors (Lipinski definition) is 6. The van der Waals surface area contributed by atoms with Crippen molar-refractivity contribution in [1.29, 1.82) is 0 Å². The van der Waals surface area contributed by atoms with Crippen molar-refractivity contribution in [2.75, 3.05) is 13.7 Å². The average Bonchev–Trinajstić information content (AvgIpc) is 3.03. The van der Waals surface area contributed by atoms with Gasteiger partial charge in [0.1, 0.15) is 0 Å². The summed E-state index contributed by atoms with van der Waals surface area (Å²) in [5.41, 5.74) is 1.81. The molecule has 0 fully saturated rings. The summed E-state index contributed by atoms with van der Waals surface area (Å²) in [7, 11) is 1.12. The zero-order valence-electron chi connectivity index (χ0n) is 19.2. The number of ether oxygens (including phenoxy) is 1. The summed E-state index contributed by atoms with van der Waals surface area (Å²) in [5.74, 6) is -4.58. The molecule has 2 aromatic rings. The molecule has 0 saturated heterocycles. The highest BCUT2D eigenvalue weighted by atomic mass is 16.5. The highest BCUT2D eigenvalue weighted by molar-refractivity contribution is 6.23. The van der Waals surface area contributed by atoms with Crippen LogP contribution in [0.3, 0.4) is 0 Å². The predicted octanol–water partition coefficient (Wildman–Crippen LogP) is 3.60. The maximum Gasteiger partial charge on any atom is 0.324 e. The lowest BCUT2D eigenvalue weighted by atomic mass is 9.85.